The number of carbonyl (C=O) groups excluding carboxylic acids is 1. The highest BCUT2D eigenvalue weighted by molar-refractivity contribution is 5.96. The standard InChI is InChI=1S/C19H26N2O3/c1-13-5-4-6-15(14(13)2)17(22)21-9-7-19(8-10-21)11-16(18(23)24)20(3)12-19/h4-6,16H,7-12H2,1-3H3,(H,23,24). The molecule has 5 heteroatoms. The van der Waals surface area contributed by atoms with E-state index in [0.717, 1.165) is 36.1 Å². The minimum absolute atomic E-state index is 0.0518. The number of aliphatic carboxylic acids is 1. The van der Waals surface area contributed by atoms with E-state index in [0.29, 0.717) is 19.5 Å². The molecule has 1 amide bonds. The molecule has 2 heterocycles. The SMILES string of the molecule is Cc1cccc(C(=O)N2CCC3(CC2)CC(C(=O)O)N(C)C3)c1C. The largest absolute Gasteiger partial charge is 0.480 e. The van der Waals surface area contributed by atoms with E-state index in [1.807, 2.05) is 48.9 Å². The van der Waals surface area contributed by atoms with E-state index in [-0.39, 0.29) is 17.4 Å². The molecule has 1 N–H and O–H groups in total. The van der Waals surface area contributed by atoms with Gasteiger partial charge in [0.25, 0.3) is 5.91 Å². The number of carboxylic acids is 1. The highest BCUT2D eigenvalue weighted by Crippen LogP contribution is 2.43. The Morgan fingerprint density at radius 1 is 1.21 bits per heavy atom. The van der Waals surface area contributed by atoms with Crippen LogP contribution in [0.3, 0.4) is 0 Å². The summed E-state index contributed by atoms with van der Waals surface area (Å²) in [5.74, 6) is -0.629. The van der Waals surface area contributed by atoms with E-state index in [1.54, 1.807) is 0 Å². The van der Waals surface area contributed by atoms with Crippen LogP contribution in [0.25, 0.3) is 0 Å². The molecular formula is C19H26N2O3. The van der Waals surface area contributed by atoms with Gasteiger partial charge in [-0.05, 0) is 62.8 Å². The van der Waals surface area contributed by atoms with Gasteiger partial charge in [-0.2, -0.15) is 0 Å². The third-order valence-corrected chi connectivity index (χ3v) is 5.97. The van der Waals surface area contributed by atoms with Crippen LogP contribution in [0, 0.1) is 19.3 Å². The molecule has 1 atom stereocenters. The summed E-state index contributed by atoms with van der Waals surface area (Å²) in [6, 6.07) is 5.48. The molecule has 1 aromatic rings. The van der Waals surface area contributed by atoms with E-state index in [9.17, 15) is 14.7 Å². The molecule has 2 aliphatic heterocycles. The Hall–Kier alpha value is -1.88. The summed E-state index contributed by atoms with van der Waals surface area (Å²) in [4.78, 5) is 28.1. The molecular weight excluding hydrogens is 304 g/mol. The summed E-state index contributed by atoms with van der Waals surface area (Å²) >= 11 is 0. The van der Waals surface area contributed by atoms with Crippen molar-refractivity contribution >= 4 is 11.9 Å². The minimum Gasteiger partial charge on any atom is -0.480 e. The molecule has 2 aliphatic rings. The molecule has 2 fully saturated rings. The van der Waals surface area contributed by atoms with Crippen molar-refractivity contribution in [3.05, 3.63) is 34.9 Å². The Morgan fingerprint density at radius 2 is 1.88 bits per heavy atom. The van der Waals surface area contributed by atoms with Crippen LogP contribution in [0.5, 0.6) is 0 Å². The second kappa shape index (κ2) is 6.20. The van der Waals surface area contributed by atoms with Gasteiger partial charge in [-0.25, -0.2) is 0 Å². The van der Waals surface area contributed by atoms with E-state index in [4.69, 9.17) is 0 Å². The van der Waals surface area contributed by atoms with Crippen molar-refractivity contribution in [2.45, 2.75) is 39.2 Å². The van der Waals surface area contributed by atoms with Crippen molar-refractivity contribution in [3.63, 3.8) is 0 Å². The van der Waals surface area contributed by atoms with Crippen LogP contribution >= 0.6 is 0 Å². The van der Waals surface area contributed by atoms with Crippen molar-refractivity contribution in [1.29, 1.82) is 0 Å². The molecule has 0 aromatic heterocycles. The van der Waals surface area contributed by atoms with Gasteiger partial charge in [0.2, 0.25) is 0 Å². The first-order valence-electron chi connectivity index (χ1n) is 8.61. The third kappa shape index (κ3) is 2.93. The second-order valence-corrected chi connectivity index (χ2v) is 7.51. The normalized spacial score (nSPS) is 23.6. The highest BCUT2D eigenvalue weighted by Gasteiger charge is 2.47. The predicted octanol–water partition coefficient (Wildman–Crippen LogP) is 2.31. The van der Waals surface area contributed by atoms with Crippen LogP contribution < -0.4 is 0 Å². The first kappa shape index (κ1) is 17.0. The molecule has 5 nitrogen and oxygen atoms in total. The summed E-state index contributed by atoms with van der Waals surface area (Å²) in [5.41, 5.74) is 3.03. The lowest BCUT2D eigenvalue weighted by Crippen LogP contribution is -2.44. The molecule has 0 aliphatic carbocycles. The van der Waals surface area contributed by atoms with Crippen molar-refractivity contribution in [2.75, 3.05) is 26.7 Å². The van der Waals surface area contributed by atoms with Gasteiger partial charge in [0.05, 0.1) is 0 Å². The van der Waals surface area contributed by atoms with Crippen LogP contribution in [-0.2, 0) is 4.79 Å². The fourth-order valence-corrected chi connectivity index (χ4v) is 4.25. The average molecular weight is 330 g/mol. The van der Waals surface area contributed by atoms with Gasteiger partial charge in [-0.3, -0.25) is 14.5 Å². The zero-order valence-corrected chi connectivity index (χ0v) is 14.7. The summed E-state index contributed by atoms with van der Waals surface area (Å²) in [7, 11) is 1.89. The maximum Gasteiger partial charge on any atom is 0.320 e. The van der Waals surface area contributed by atoms with Gasteiger partial charge in [0, 0.05) is 25.2 Å². The first-order valence-corrected chi connectivity index (χ1v) is 8.61. The van der Waals surface area contributed by atoms with Gasteiger partial charge in [0.15, 0.2) is 0 Å². The molecule has 0 radical (unpaired) electrons. The number of hydrogen-bond acceptors (Lipinski definition) is 3. The number of likely N-dealkylation sites (N-methyl/N-ethyl adjacent to an activating group) is 1. The first-order chi connectivity index (χ1) is 11.3. The lowest BCUT2D eigenvalue weighted by atomic mass is 9.76. The van der Waals surface area contributed by atoms with Crippen molar-refractivity contribution in [2.24, 2.45) is 5.41 Å². The zero-order valence-electron chi connectivity index (χ0n) is 14.7. The number of rotatable bonds is 2. The van der Waals surface area contributed by atoms with E-state index in [2.05, 4.69) is 0 Å². The monoisotopic (exact) mass is 330 g/mol. The number of amides is 1. The molecule has 1 spiro atoms. The van der Waals surface area contributed by atoms with Crippen molar-refractivity contribution in [1.82, 2.24) is 9.80 Å². The van der Waals surface area contributed by atoms with Crippen molar-refractivity contribution < 1.29 is 14.7 Å². The van der Waals surface area contributed by atoms with Gasteiger partial charge in [0.1, 0.15) is 6.04 Å². The predicted molar refractivity (Wildman–Crippen MR) is 92.2 cm³/mol. The van der Waals surface area contributed by atoms with Crippen LogP contribution in [0.2, 0.25) is 0 Å². The van der Waals surface area contributed by atoms with Gasteiger partial charge in [-0.1, -0.05) is 12.1 Å². The number of carboxylic acid groups (broad SMARTS) is 1. The maximum atomic E-state index is 12.8. The van der Waals surface area contributed by atoms with Crippen molar-refractivity contribution in [3.8, 4) is 0 Å². The number of piperidine rings is 1. The summed E-state index contributed by atoms with van der Waals surface area (Å²) in [6.07, 6.45) is 2.47. The number of likely N-dealkylation sites (tertiary alicyclic amines) is 2. The van der Waals surface area contributed by atoms with Gasteiger partial charge >= 0.3 is 5.97 Å². The molecule has 2 saturated heterocycles. The Labute approximate surface area is 143 Å². The number of aryl methyl sites for hydroxylation is 1. The van der Waals surface area contributed by atoms with Crippen LogP contribution in [-0.4, -0.2) is 59.5 Å². The number of benzene rings is 1. The lowest BCUT2D eigenvalue weighted by Gasteiger charge is -2.39. The van der Waals surface area contributed by atoms with Gasteiger partial charge < -0.3 is 10.0 Å². The molecule has 0 saturated carbocycles. The smallest absolute Gasteiger partial charge is 0.320 e. The number of carbonyl (C=O) groups is 2. The average Bonchev–Trinajstić information content (AvgIpc) is 2.87. The summed E-state index contributed by atoms with van der Waals surface area (Å²) in [5, 5.41) is 9.34. The Balaban J connectivity index is 1.68. The fourth-order valence-electron chi connectivity index (χ4n) is 4.25. The Kier molecular flexibility index (Phi) is 4.38. The van der Waals surface area contributed by atoms with Crippen LogP contribution in [0.4, 0.5) is 0 Å². The van der Waals surface area contributed by atoms with Crippen LogP contribution in [0.1, 0.15) is 40.7 Å². The Morgan fingerprint density at radius 3 is 2.46 bits per heavy atom. The topological polar surface area (TPSA) is 60.9 Å². The molecule has 3 rings (SSSR count). The van der Waals surface area contributed by atoms with E-state index < -0.39 is 5.97 Å². The molecule has 0 bridgehead atoms. The highest BCUT2D eigenvalue weighted by atomic mass is 16.4. The minimum atomic E-state index is -0.733. The molecule has 24 heavy (non-hydrogen) atoms. The quantitative estimate of drug-likeness (QED) is 0.904. The van der Waals surface area contributed by atoms with Crippen LogP contribution in [0.15, 0.2) is 18.2 Å². The Bertz CT molecular complexity index is 663. The number of nitrogens with zero attached hydrogens (tertiary/aromatic N) is 2. The number of hydrogen-bond donors (Lipinski definition) is 1. The third-order valence-electron chi connectivity index (χ3n) is 5.97. The lowest BCUT2D eigenvalue weighted by molar-refractivity contribution is -0.141. The fraction of sp³-hybridized carbons (Fsp3) is 0.579. The van der Waals surface area contributed by atoms with E-state index >= 15 is 0 Å². The summed E-state index contributed by atoms with van der Waals surface area (Å²) in [6.45, 7) is 6.27. The molecule has 1 unspecified atom stereocenters. The molecule has 1 aromatic carbocycles. The maximum absolute atomic E-state index is 12.8. The second-order valence-electron chi connectivity index (χ2n) is 7.51. The summed E-state index contributed by atoms with van der Waals surface area (Å²) < 4.78 is 0. The van der Waals surface area contributed by atoms with E-state index in [1.165, 1.54) is 0 Å². The molecule has 130 valence electrons. The zero-order chi connectivity index (χ0) is 17.5. The van der Waals surface area contributed by atoms with Gasteiger partial charge in [-0.15, -0.1) is 0 Å².